The quantitative estimate of drug-likeness (QED) is 0.136. The van der Waals surface area contributed by atoms with E-state index >= 15 is 0 Å². The summed E-state index contributed by atoms with van der Waals surface area (Å²) in [4.78, 5) is 9.30. The van der Waals surface area contributed by atoms with Crippen molar-refractivity contribution in [1.29, 1.82) is 0 Å². The number of rotatable bonds is 21. The fourth-order valence-corrected chi connectivity index (χ4v) is 3.80. The summed E-state index contributed by atoms with van der Waals surface area (Å²) in [7, 11) is -3.79. The molecule has 0 aliphatic heterocycles. The van der Waals surface area contributed by atoms with Gasteiger partial charge in [0.2, 0.25) is 0 Å². The number of hydrogen-bond donors (Lipinski definition) is 2. The van der Waals surface area contributed by atoms with Crippen LogP contribution in [0.2, 0.25) is 0 Å². The van der Waals surface area contributed by atoms with Gasteiger partial charge in [0.25, 0.3) is 0 Å². The SMILES string of the molecule is CCCCCCCCCCCCN.CCCCOP(=O)(O)OCCCCCC(C)C. The number of phosphoric ester groups is 1. The predicted octanol–water partition coefficient (Wildman–Crippen LogP) is 8.00. The predicted molar refractivity (Wildman–Crippen MR) is 131 cm³/mol. The normalized spacial score (nSPS) is 13.2. The van der Waals surface area contributed by atoms with Crippen molar-refractivity contribution in [3.63, 3.8) is 0 Å². The summed E-state index contributed by atoms with van der Waals surface area (Å²) >= 11 is 0. The molecule has 0 amide bonds. The van der Waals surface area contributed by atoms with E-state index < -0.39 is 7.82 Å². The Hall–Kier alpha value is 0.0700. The fraction of sp³-hybridized carbons (Fsp3) is 1.00. The van der Waals surface area contributed by atoms with E-state index in [0.29, 0.717) is 6.61 Å². The van der Waals surface area contributed by atoms with E-state index in [1.54, 1.807) is 0 Å². The summed E-state index contributed by atoms with van der Waals surface area (Å²) in [5, 5.41) is 0. The Morgan fingerprint density at radius 1 is 0.700 bits per heavy atom. The van der Waals surface area contributed by atoms with Crippen LogP contribution in [0.5, 0.6) is 0 Å². The molecule has 184 valence electrons. The van der Waals surface area contributed by atoms with Crippen molar-refractivity contribution in [3.8, 4) is 0 Å². The van der Waals surface area contributed by atoms with Gasteiger partial charge in [0.1, 0.15) is 0 Å². The van der Waals surface area contributed by atoms with Crippen molar-refractivity contribution in [2.24, 2.45) is 11.7 Å². The second kappa shape index (κ2) is 25.3. The third-order valence-corrected chi connectivity index (χ3v) is 6.01. The summed E-state index contributed by atoms with van der Waals surface area (Å²) in [5.41, 5.74) is 5.42. The molecule has 6 heteroatoms. The highest BCUT2D eigenvalue weighted by molar-refractivity contribution is 7.47. The van der Waals surface area contributed by atoms with Crippen LogP contribution in [-0.2, 0) is 13.6 Å². The lowest BCUT2D eigenvalue weighted by Crippen LogP contribution is -1.99. The van der Waals surface area contributed by atoms with Gasteiger partial charge >= 0.3 is 7.82 Å². The van der Waals surface area contributed by atoms with Crippen LogP contribution in [-0.4, -0.2) is 24.7 Å². The van der Waals surface area contributed by atoms with Crippen LogP contribution in [0.4, 0.5) is 0 Å². The maximum atomic E-state index is 11.3. The standard InChI is InChI=1S/C12H27N.C12H27O4P/c1-2-3-4-5-6-7-8-9-10-11-12-13;1-4-5-10-15-17(13,14)16-11-8-6-7-9-12(2)3/h2-13H2,1H3;12H,4-11H2,1-3H3,(H,13,14). The van der Waals surface area contributed by atoms with Gasteiger partial charge in [-0.1, -0.05) is 111 Å². The molecule has 1 unspecified atom stereocenters. The van der Waals surface area contributed by atoms with Crippen molar-refractivity contribution in [2.45, 2.75) is 130 Å². The first-order chi connectivity index (χ1) is 14.4. The molecule has 0 aromatic rings. The van der Waals surface area contributed by atoms with Crippen molar-refractivity contribution in [1.82, 2.24) is 0 Å². The molecule has 1 atom stereocenters. The summed E-state index contributed by atoms with van der Waals surface area (Å²) in [5.74, 6) is 0.720. The van der Waals surface area contributed by atoms with Gasteiger partial charge in [0.15, 0.2) is 0 Å². The number of phosphoric acid groups is 1. The Morgan fingerprint density at radius 3 is 1.60 bits per heavy atom. The lowest BCUT2D eigenvalue weighted by atomic mass is 10.1. The maximum absolute atomic E-state index is 11.3. The van der Waals surface area contributed by atoms with Crippen molar-refractivity contribution in [3.05, 3.63) is 0 Å². The van der Waals surface area contributed by atoms with E-state index in [2.05, 4.69) is 20.8 Å². The Labute approximate surface area is 188 Å². The van der Waals surface area contributed by atoms with E-state index in [1.807, 2.05) is 6.92 Å². The minimum absolute atomic E-state index is 0.289. The Morgan fingerprint density at radius 2 is 1.13 bits per heavy atom. The topological polar surface area (TPSA) is 81.8 Å². The molecule has 0 aliphatic rings. The Balaban J connectivity index is 0. The maximum Gasteiger partial charge on any atom is 0.472 e. The molecule has 0 aliphatic carbocycles. The molecule has 3 N–H and O–H groups in total. The fourth-order valence-electron chi connectivity index (χ4n) is 3.00. The third kappa shape index (κ3) is 30.3. The van der Waals surface area contributed by atoms with E-state index in [1.165, 1.54) is 70.6 Å². The summed E-state index contributed by atoms with van der Waals surface area (Å²) in [6, 6.07) is 0. The molecular formula is C24H54NO4P. The summed E-state index contributed by atoms with van der Waals surface area (Å²) < 4.78 is 21.0. The van der Waals surface area contributed by atoms with Gasteiger partial charge in [0.05, 0.1) is 13.2 Å². The van der Waals surface area contributed by atoms with Crippen LogP contribution >= 0.6 is 7.82 Å². The van der Waals surface area contributed by atoms with Gasteiger partial charge in [-0.2, -0.15) is 0 Å². The van der Waals surface area contributed by atoms with Gasteiger partial charge < -0.3 is 10.6 Å². The Bertz CT molecular complexity index is 357. The molecule has 0 rings (SSSR count). The zero-order chi connectivity index (χ0) is 22.9. The minimum atomic E-state index is -3.79. The number of nitrogens with two attached hydrogens (primary N) is 1. The molecule has 0 fully saturated rings. The number of unbranched alkanes of at least 4 members (excludes halogenated alkanes) is 12. The third-order valence-electron chi connectivity index (χ3n) is 4.99. The first-order valence-corrected chi connectivity index (χ1v) is 14.2. The zero-order valence-corrected chi connectivity index (χ0v) is 21.6. The van der Waals surface area contributed by atoms with E-state index in [9.17, 15) is 9.46 Å². The van der Waals surface area contributed by atoms with Crippen molar-refractivity contribution >= 4 is 7.82 Å². The van der Waals surface area contributed by atoms with Gasteiger partial charge in [-0.15, -0.1) is 0 Å². The molecule has 0 saturated carbocycles. The zero-order valence-electron chi connectivity index (χ0n) is 20.7. The second-order valence-electron chi connectivity index (χ2n) is 8.70. The van der Waals surface area contributed by atoms with Crippen LogP contribution in [0.1, 0.15) is 130 Å². The van der Waals surface area contributed by atoms with E-state index in [-0.39, 0.29) is 6.61 Å². The summed E-state index contributed by atoms with van der Waals surface area (Å²) in [6.45, 7) is 10.1. The molecule has 0 bridgehead atoms. The monoisotopic (exact) mass is 451 g/mol. The highest BCUT2D eigenvalue weighted by Crippen LogP contribution is 2.43. The largest absolute Gasteiger partial charge is 0.472 e. The molecule has 0 spiro atoms. The van der Waals surface area contributed by atoms with Gasteiger partial charge in [-0.3, -0.25) is 9.05 Å². The first-order valence-electron chi connectivity index (χ1n) is 12.7. The Kier molecular flexibility index (Phi) is 27.2. The molecule has 0 aromatic carbocycles. The average molecular weight is 452 g/mol. The van der Waals surface area contributed by atoms with Gasteiger partial charge in [-0.25, -0.2) is 4.57 Å². The van der Waals surface area contributed by atoms with E-state index in [4.69, 9.17) is 14.8 Å². The smallest absolute Gasteiger partial charge is 0.330 e. The molecular weight excluding hydrogens is 397 g/mol. The lowest BCUT2D eigenvalue weighted by molar-refractivity contribution is 0.145. The van der Waals surface area contributed by atoms with Gasteiger partial charge in [0, 0.05) is 0 Å². The molecule has 0 saturated heterocycles. The van der Waals surface area contributed by atoms with Crippen LogP contribution < -0.4 is 5.73 Å². The van der Waals surface area contributed by atoms with Crippen molar-refractivity contribution < 1.29 is 18.5 Å². The molecule has 5 nitrogen and oxygen atoms in total. The van der Waals surface area contributed by atoms with Crippen LogP contribution in [0.25, 0.3) is 0 Å². The highest BCUT2D eigenvalue weighted by Gasteiger charge is 2.19. The van der Waals surface area contributed by atoms with Crippen LogP contribution in [0.15, 0.2) is 0 Å². The molecule has 30 heavy (non-hydrogen) atoms. The second-order valence-corrected chi connectivity index (χ2v) is 10.2. The molecule has 0 aromatic heterocycles. The first kappa shape index (κ1) is 32.3. The average Bonchev–Trinajstić information content (AvgIpc) is 2.70. The van der Waals surface area contributed by atoms with Crippen LogP contribution in [0, 0.1) is 5.92 Å². The lowest BCUT2D eigenvalue weighted by Gasteiger charge is -2.11. The highest BCUT2D eigenvalue weighted by atomic mass is 31.2. The molecule has 0 radical (unpaired) electrons. The van der Waals surface area contributed by atoms with Crippen LogP contribution in [0.3, 0.4) is 0 Å². The number of hydrogen-bond acceptors (Lipinski definition) is 4. The van der Waals surface area contributed by atoms with Gasteiger partial charge in [-0.05, 0) is 31.7 Å². The van der Waals surface area contributed by atoms with Crippen molar-refractivity contribution in [2.75, 3.05) is 19.8 Å². The summed E-state index contributed by atoms with van der Waals surface area (Å²) in [6.07, 6.45) is 19.8. The minimum Gasteiger partial charge on any atom is -0.330 e. The van der Waals surface area contributed by atoms with E-state index in [0.717, 1.165) is 44.6 Å². The molecule has 0 heterocycles.